The lowest BCUT2D eigenvalue weighted by atomic mass is 9.47. The lowest BCUT2D eigenvalue weighted by Gasteiger charge is -2.65. The predicted molar refractivity (Wildman–Crippen MR) is 100 cm³/mol. The number of ether oxygens (including phenoxy) is 1. The van der Waals surface area contributed by atoms with Gasteiger partial charge in [0.25, 0.3) is 0 Å². The monoisotopic (exact) mass is 389 g/mol. The third-order valence-electron chi connectivity index (χ3n) is 7.17. The molecule has 1 spiro atoms. The summed E-state index contributed by atoms with van der Waals surface area (Å²) in [6, 6.07) is 3.91. The molecule has 1 aromatic rings. The number of aromatic nitrogens is 1. The van der Waals surface area contributed by atoms with Crippen LogP contribution in [0.1, 0.15) is 51.4 Å². The van der Waals surface area contributed by atoms with Crippen LogP contribution in [0.5, 0.6) is 0 Å². The molecule has 1 N–H and O–H groups in total. The van der Waals surface area contributed by atoms with Crippen LogP contribution in [0.2, 0.25) is 0 Å². The van der Waals surface area contributed by atoms with Crippen LogP contribution in [0.15, 0.2) is 24.5 Å². The van der Waals surface area contributed by atoms with Gasteiger partial charge in [0.15, 0.2) is 0 Å². The van der Waals surface area contributed by atoms with Gasteiger partial charge in [-0.25, -0.2) is 4.39 Å². The van der Waals surface area contributed by atoms with Gasteiger partial charge in [-0.3, -0.25) is 9.59 Å². The summed E-state index contributed by atoms with van der Waals surface area (Å²) in [5.74, 6) is 0.0527. The zero-order chi connectivity index (χ0) is 19.4. The van der Waals surface area contributed by atoms with E-state index in [0.717, 1.165) is 19.3 Å². The summed E-state index contributed by atoms with van der Waals surface area (Å²) in [5, 5.41) is 3.00. The number of hydrogen-bond donors (Lipinski definition) is 1. The van der Waals surface area contributed by atoms with Gasteiger partial charge < -0.3 is 19.5 Å². The first-order valence-corrected chi connectivity index (χ1v) is 10.4. The second-order valence-corrected chi connectivity index (χ2v) is 9.40. The van der Waals surface area contributed by atoms with E-state index in [2.05, 4.69) is 5.32 Å². The largest absolute Gasteiger partial charge is 0.373 e. The van der Waals surface area contributed by atoms with Gasteiger partial charge in [0.2, 0.25) is 11.8 Å². The average molecular weight is 389 g/mol. The number of aryl methyl sites for hydroxylation is 1. The van der Waals surface area contributed by atoms with Crippen LogP contribution in [0, 0.1) is 0 Å². The fourth-order valence-electron chi connectivity index (χ4n) is 5.52. The number of morpholine rings is 1. The number of alkyl halides is 1. The number of rotatable bonds is 6. The molecule has 6 rings (SSSR count). The van der Waals surface area contributed by atoms with Gasteiger partial charge in [0.1, 0.15) is 5.67 Å². The second-order valence-electron chi connectivity index (χ2n) is 9.40. The lowest BCUT2D eigenvalue weighted by Crippen LogP contribution is -2.77. The number of nitrogens with zero attached hydrogens (tertiary/aromatic N) is 2. The standard InChI is InChI=1S/C21H28FN3O3/c22-19-12-20(13-19,14-19)23-17(26)10-16-11-25(21(15-28-16)5-3-6-21)18(27)4-9-24-7-1-2-8-24/h1-2,7-8,16H,3-6,9-15H2,(H,23,26). The molecule has 0 aromatic carbocycles. The molecule has 2 bridgehead atoms. The van der Waals surface area contributed by atoms with Gasteiger partial charge in [-0.15, -0.1) is 0 Å². The first-order valence-electron chi connectivity index (χ1n) is 10.4. The Hall–Kier alpha value is -1.89. The summed E-state index contributed by atoms with van der Waals surface area (Å²) < 4.78 is 21.7. The van der Waals surface area contributed by atoms with Gasteiger partial charge >= 0.3 is 0 Å². The molecule has 6 nitrogen and oxygen atoms in total. The molecule has 4 saturated carbocycles. The quantitative estimate of drug-likeness (QED) is 0.811. The van der Waals surface area contributed by atoms with E-state index in [9.17, 15) is 14.0 Å². The minimum absolute atomic E-state index is 0.0870. The summed E-state index contributed by atoms with van der Waals surface area (Å²) in [5.41, 5.74) is -1.49. The Kier molecular flexibility index (Phi) is 4.09. The average Bonchev–Trinajstić information content (AvgIpc) is 3.09. The normalized spacial score (nSPS) is 34.9. The Morgan fingerprint density at radius 3 is 2.50 bits per heavy atom. The zero-order valence-electron chi connectivity index (χ0n) is 16.2. The highest BCUT2D eigenvalue weighted by atomic mass is 19.1. The molecule has 2 amide bonds. The van der Waals surface area contributed by atoms with Crippen LogP contribution < -0.4 is 5.32 Å². The van der Waals surface area contributed by atoms with Gasteiger partial charge in [0, 0.05) is 56.7 Å². The summed E-state index contributed by atoms with van der Waals surface area (Å²) in [6.45, 7) is 1.65. The molecular weight excluding hydrogens is 361 g/mol. The molecule has 28 heavy (non-hydrogen) atoms. The Balaban J connectivity index is 1.17. The zero-order valence-corrected chi connectivity index (χ0v) is 16.2. The van der Waals surface area contributed by atoms with E-state index in [1.54, 1.807) is 0 Å². The Morgan fingerprint density at radius 1 is 1.18 bits per heavy atom. The first-order chi connectivity index (χ1) is 13.4. The van der Waals surface area contributed by atoms with E-state index in [1.807, 2.05) is 34.0 Å². The molecule has 1 saturated heterocycles. The molecule has 1 atom stereocenters. The lowest BCUT2D eigenvalue weighted by molar-refractivity contribution is -0.182. The molecule has 2 heterocycles. The van der Waals surface area contributed by atoms with E-state index in [-0.39, 0.29) is 35.4 Å². The van der Waals surface area contributed by atoms with E-state index < -0.39 is 5.67 Å². The summed E-state index contributed by atoms with van der Waals surface area (Å²) in [4.78, 5) is 27.4. The highest BCUT2D eigenvalue weighted by Gasteiger charge is 2.69. The van der Waals surface area contributed by atoms with Crippen LogP contribution in [0.3, 0.4) is 0 Å². The van der Waals surface area contributed by atoms with Crippen molar-refractivity contribution in [3.05, 3.63) is 24.5 Å². The number of carbonyl (C=O) groups excluding carboxylic acids is 2. The summed E-state index contributed by atoms with van der Waals surface area (Å²) in [7, 11) is 0. The molecular formula is C21H28FN3O3. The Morgan fingerprint density at radius 2 is 1.89 bits per heavy atom. The minimum atomic E-state index is -1.02. The van der Waals surface area contributed by atoms with Crippen molar-refractivity contribution < 1.29 is 18.7 Å². The third kappa shape index (κ3) is 3.04. The van der Waals surface area contributed by atoms with Crippen molar-refractivity contribution in [2.75, 3.05) is 13.2 Å². The van der Waals surface area contributed by atoms with E-state index in [0.29, 0.717) is 45.4 Å². The molecule has 1 aliphatic heterocycles. The number of nitrogens with one attached hydrogen (secondary N) is 1. The van der Waals surface area contributed by atoms with Crippen LogP contribution >= 0.6 is 0 Å². The maximum atomic E-state index is 13.6. The Bertz CT molecular complexity index is 754. The maximum absolute atomic E-state index is 13.6. The SMILES string of the molecule is O=C(CC1CN(C(=O)CCn2cccc2)C2(CCC2)CO1)NC12CC(F)(C1)C2. The fourth-order valence-corrected chi connectivity index (χ4v) is 5.52. The van der Waals surface area contributed by atoms with Gasteiger partial charge in [-0.1, -0.05) is 0 Å². The number of hydrogen-bond acceptors (Lipinski definition) is 3. The van der Waals surface area contributed by atoms with Crippen molar-refractivity contribution >= 4 is 11.8 Å². The second kappa shape index (κ2) is 6.31. The van der Waals surface area contributed by atoms with Crippen molar-refractivity contribution in [1.29, 1.82) is 0 Å². The number of carbonyl (C=O) groups is 2. The van der Waals surface area contributed by atoms with E-state index in [4.69, 9.17) is 4.74 Å². The predicted octanol–water partition coefficient (Wildman–Crippen LogP) is 2.18. The molecule has 0 radical (unpaired) electrons. The van der Waals surface area contributed by atoms with Crippen molar-refractivity contribution in [1.82, 2.24) is 14.8 Å². The number of amides is 2. The molecule has 7 heteroatoms. The molecule has 1 unspecified atom stereocenters. The Labute approximate surface area is 164 Å². The van der Waals surface area contributed by atoms with Crippen molar-refractivity contribution in [3.8, 4) is 0 Å². The minimum Gasteiger partial charge on any atom is -0.373 e. The van der Waals surface area contributed by atoms with Crippen molar-refractivity contribution in [3.63, 3.8) is 0 Å². The first kappa shape index (κ1) is 18.2. The molecule has 1 aromatic heterocycles. The van der Waals surface area contributed by atoms with Gasteiger partial charge in [-0.2, -0.15) is 0 Å². The topological polar surface area (TPSA) is 63.6 Å². The molecule has 5 fully saturated rings. The van der Waals surface area contributed by atoms with Crippen molar-refractivity contribution in [2.24, 2.45) is 0 Å². The van der Waals surface area contributed by atoms with Gasteiger partial charge in [0.05, 0.1) is 24.7 Å². The summed E-state index contributed by atoms with van der Waals surface area (Å²) in [6.07, 6.45) is 8.74. The smallest absolute Gasteiger partial charge is 0.224 e. The van der Waals surface area contributed by atoms with E-state index in [1.165, 1.54) is 0 Å². The van der Waals surface area contributed by atoms with E-state index >= 15 is 0 Å². The third-order valence-corrected chi connectivity index (χ3v) is 7.17. The molecule has 152 valence electrons. The molecule has 5 aliphatic rings. The highest BCUT2D eigenvalue weighted by Crippen LogP contribution is 2.62. The van der Waals surface area contributed by atoms with Crippen LogP contribution in [-0.2, 0) is 20.9 Å². The number of halogens is 1. The molecule has 4 aliphatic carbocycles. The van der Waals surface area contributed by atoms with Gasteiger partial charge in [-0.05, 0) is 31.4 Å². The van der Waals surface area contributed by atoms with Crippen LogP contribution in [0.25, 0.3) is 0 Å². The maximum Gasteiger partial charge on any atom is 0.224 e. The van der Waals surface area contributed by atoms with Crippen LogP contribution in [0.4, 0.5) is 4.39 Å². The van der Waals surface area contributed by atoms with Crippen LogP contribution in [-0.4, -0.2) is 57.3 Å². The van der Waals surface area contributed by atoms with Crippen molar-refractivity contribution in [2.45, 2.75) is 80.8 Å². The highest BCUT2D eigenvalue weighted by molar-refractivity contribution is 5.79. The summed E-state index contributed by atoms with van der Waals surface area (Å²) >= 11 is 0. The fraction of sp³-hybridized carbons (Fsp3) is 0.714.